The molecular formula is C32H35ClN2O2. The van der Waals surface area contributed by atoms with E-state index < -0.39 is 0 Å². The summed E-state index contributed by atoms with van der Waals surface area (Å²) in [6, 6.07) is 24.1. The first-order valence-electron chi connectivity index (χ1n) is 13.0. The molecule has 2 unspecified atom stereocenters. The lowest BCUT2D eigenvalue weighted by Crippen LogP contribution is -2.50. The molecule has 1 saturated heterocycles. The summed E-state index contributed by atoms with van der Waals surface area (Å²) in [4.78, 5) is 13.7. The Morgan fingerprint density at radius 2 is 1.76 bits per heavy atom. The van der Waals surface area contributed by atoms with Crippen LogP contribution in [0.1, 0.15) is 55.2 Å². The smallest absolute Gasteiger partial charge is 0.196 e. The molecule has 1 aliphatic rings. The van der Waals surface area contributed by atoms with Gasteiger partial charge in [-0.15, -0.1) is 0 Å². The summed E-state index contributed by atoms with van der Waals surface area (Å²) >= 11 is 6.26. The molecular weight excluding hydrogens is 480 g/mol. The molecule has 192 valence electrons. The van der Waals surface area contributed by atoms with Crippen LogP contribution in [0.15, 0.2) is 82.0 Å². The van der Waals surface area contributed by atoms with E-state index in [0.717, 1.165) is 29.9 Å². The first-order valence-corrected chi connectivity index (χ1v) is 13.4. The molecule has 5 rings (SSSR count). The van der Waals surface area contributed by atoms with Crippen LogP contribution in [-0.2, 0) is 18.5 Å². The van der Waals surface area contributed by atoms with E-state index in [1.165, 1.54) is 11.1 Å². The highest BCUT2D eigenvalue weighted by Crippen LogP contribution is 2.35. The second-order valence-electron chi connectivity index (χ2n) is 11.3. The monoisotopic (exact) mass is 514 g/mol. The average molecular weight is 515 g/mol. The van der Waals surface area contributed by atoms with Crippen molar-refractivity contribution in [3.63, 3.8) is 0 Å². The molecule has 4 aromatic rings. The Balaban J connectivity index is 1.51. The van der Waals surface area contributed by atoms with Gasteiger partial charge >= 0.3 is 0 Å². The summed E-state index contributed by atoms with van der Waals surface area (Å²) in [5.41, 5.74) is 4.47. The summed E-state index contributed by atoms with van der Waals surface area (Å²) in [5, 5.41) is 8.81. The Morgan fingerprint density at radius 3 is 2.43 bits per heavy atom. The minimum atomic E-state index is -0.351. The van der Waals surface area contributed by atoms with Gasteiger partial charge in [-0.05, 0) is 56.4 Å². The van der Waals surface area contributed by atoms with Gasteiger partial charge in [0, 0.05) is 41.6 Å². The first kappa shape index (κ1) is 25.7. The van der Waals surface area contributed by atoms with Crippen molar-refractivity contribution in [2.75, 3.05) is 6.54 Å². The molecule has 1 aromatic heterocycles. The maximum atomic E-state index is 13.7. The van der Waals surface area contributed by atoms with E-state index in [1.807, 2.05) is 18.2 Å². The van der Waals surface area contributed by atoms with Crippen molar-refractivity contribution in [2.45, 2.75) is 58.2 Å². The number of hydrogen-bond donors (Lipinski definition) is 2. The number of nitrogens with one attached hydrogen (secondary N) is 2. The standard InChI is InChI=1S/C32H35ClN2O2/c1-21-10-12-24(13-11-21)32(34-20-31(3,4)35-32)19-22(2)16-28-27(17-23-8-6-5-7-9-23)30(36)26-15-14-25(33)18-29(26)37-28/h5-15,18,22,34-35H,16-17,19-20H2,1-4H3. The van der Waals surface area contributed by atoms with Crippen molar-refractivity contribution < 1.29 is 4.42 Å². The van der Waals surface area contributed by atoms with E-state index in [4.69, 9.17) is 16.0 Å². The molecule has 2 atom stereocenters. The molecule has 3 aromatic carbocycles. The van der Waals surface area contributed by atoms with Crippen molar-refractivity contribution in [1.82, 2.24) is 10.6 Å². The van der Waals surface area contributed by atoms with Gasteiger partial charge in [0.05, 0.1) is 11.0 Å². The lowest BCUT2D eigenvalue weighted by atomic mass is 9.86. The molecule has 1 aliphatic heterocycles. The molecule has 37 heavy (non-hydrogen) atoms. The van der Waals surface area contributed by atoms with Crippen LogP contribution >= 0.6 is 11.6 Å². The van der Waals surface area contributed by atoms with Gasteiger partial charge in [0.2, 0.25) is 0 Å². The van der Waals surface area contributed by atoms with Gasteiger partial charge in [0.15, 0.2) is 5.43 Å². The number of hydrogen-bond acceptors (Lipinski definition) is 4. The van der Waals surface area contributed by atoms with Crippen molar-refractivity contribution in [2.24, 2.45) is 5.92 Å². The van der Waals surface area contributed by atoms with Gasteiger partial charge in [-0.25, -0.2) is 0 Å². The SMILES string of the molecule is Cc1ccc(C2(CC(C)Cc3oc4cc(Cl)ccc4c(=O)c3Cc3ccccc3)NCC(C)(C)N2)cc1. The van der Waals surface area contributed by atoms with Crippen molar-refractivity contribution in [3.05, 3.63) is 116 Å². The lowest BCUT2D eigenvalue weighted by molar-refractivity contribution is 0.239. The molecule has 2 heterocycles. The van der Waals surface area contributed by atoms with Crippen LogP contribution in [-0.4, -0.2) is 12.1 Å². The quantitative estimate of drug-likeness (QED) is 0.287. The zero-order valence-corrected chi connectivity index (χ0v) is 22.8. The Hall–Kier alpha value is -2.92. The zero-order valence-electron chi connectivity index (χ0n) is 22.0. The second kappa shape index (κ2) is 10.1. The third-order valence-corrected chi connectivity index (χ3v) is 7.61. The lowest BCUT2D eigenvalue weighted by Gasteiger charge is -2.35. The fourth-order valence-electron chi connectivity index (χ4n) is 5.60. The van der Waals surface area contributed by atoms with E-state index in [9.17, 15) is 4.79 Å². The third kappa shape index (κ3) is 5.52. The third-order valence-electron chi connectivity index (χ3n) is 7.37. The molecule has 0 saturated carbocycles. The van der Waals surface area contributed by atoms with Crippen molar-refractivity contribution in [1.29, 1.82) is 0 Å². The van der Waals surface area contributed by atoms with Crippen LogP contribution < -0.4 is 16.1 Å². The van der Waals surface area contributed by atoms with Gasteiger partial charge in [-0.3, -0.25) is 15.4 Å². The van der Waals surface area contributed by atoms with E-state index in [-0.39, 0.29) is 22.5 Å². The number of halogens is 1. The highest BCUT2D eigenvalue weighted by molar-refractivity contribution is 6.31. The summed E-state index contributed by atoms with van der Waals surface area (Å²) in [5.74, 6) is 0.969. The van der Waals surface area contributed by atoms with E-state index in [2.05, 4.69) is 74.7 Å². The topological polar surface area (TPSA) is 54.3 Å². The van der Waals surface area contributed by atoms with Gasteiger partial charge < -0.3 is 4.42 Å². The normalized spacial score (nSPS) is 19.8. The van der Waals surface area contributed by atoms with Crippen LogP contribution in [0, 0.1) is 12.8 Å². The Morgan fingerprint density at radius 1 is 1.03 bits per heavy atom. The van der Waals surface area contributed by atoms with Gasteiger partial charge in [-0.1, -0.05) is 78.7 Å². The molecule has 5 heteroatoms. The fraction of sp³-hybridized carbons (Fsp3) is 0.344. The molecule has 0 radical (unpaired) electrons. The van der Waals surface area contributed by atoms with Gasteiger partial charge in [0.1, 0.15) is 11.3 Å². The second-order valence-corrected chi connectivity index (χ2v) is 11.7. The van der Waals surface area contributed by atoms with E-state index >= 15 is 0 Å². The van der Waals surface area contributed by atoms with Gasteiger partial charge in [-0.2, -0.15) is 0 Å². The number of benzene rings is 3. The van der Waals surface area contributed by atoms with Crippen molar-refractivity contribution in [3.8, 4) is 0 Å². The Bertz CT molecular complexity index is 1460. The molecule has 0 bridgehead atoms. The minimum absolute atomic E-state index is 0.0236. The molecule has 2 N–H and O–H groups in total. The van der Waals surface area contributed by atoms with E-state index in [1.54, 1.807) is 18.2 Å². The molecule has 0 aliphatic carbocycles. The summed E-state index contributed by atoms with van der Waals surface area (Å²) in [6.07, 6.45) is 2.04. The Labute approximate surface area is 224 Å². The van der Waals surface area contributed by atoms with Crippen LogP contribution in [0.3, 0.4) is 0 Å². The molecule has 4 nitrogen and oxygen atoms in total. The summed E-state index contributed by atoms with van der Waals surface area (Å²) < 4.78 is 6.43. The van der Waals surface area contributed by atoms with Crippen molar-refractivity contribution >= 4 is 22.6 Å². The highest BCUT2D eigenvalue weighted by Gasteiger charge is 2.44. The van der Waals surface area contributed by atoms with Gasteiger partial charge in [0.25, 0.3) is 0 Å². The maximum Gasteiger partial charge on any atom is 0.196 e. The average Bonchev–Trinajstić information content (AvgIpc) is 3.17. The van der Waals surface area contributed by atoms with E-state index in [0.29, 0.717) is 28.8 Å². The molecule has 0 spiro atoms. The predicted molar refractivity (Wildman–Crippen MR) is 152 cm³/mol. The van der Waals surface area contributed by atoms with Crippen LogP contribution in [0.5, 0.6) is 0 Å². The number of aryl methyl sites for hydroxylation is 1. The molecule has 1 fully saturated rings. The van der Waals surface area contributed by atoms with Crippen LogP contribution in [0.4, 0.5) is 0 Å². The molecule has 0 amide bonds. The number of fused-ring (bicyclic) bond motifs is 1. The fourth-order valence-corrected chi connectivity index (χ4v) is 5.76. The summed E-state index contributed by atoms with van der Waals surface area (Å²) in [7, 11) is 0. The van der Waals surface area contributed by atoms with Crippen LogP contribution in [0.25, 0.3) is 11.0 Å². The predicted octanol–water partition coefficient (Wildman–Crippen LogP) is 6.74. The number of rotatable bonds is 7. The summed E-state index contributed by atoms with van der Waals surface area (Å²) in [6.45, 7) is 9.67. The minimum Gasteiger partial charge on any atom is -0.460 e. The highest BCUT2D eigenvalue weighted by atomic mass is 35.5. The largest absolute Gasteiger partial charge is 0.460 e. The maximum absolute atomic E-state index is 13.7. The Kier molecular flexibility index (Phi) is 7.01. The zero-order chi connectivity index (χ0) is 26.2. The first-order chi connectivity index (χ1) is 17.6. The van der Waals surface area contributed by atoms with Crippen LogP contribution in [0.2, 0.25) is 5.02 Å².